The number of hydrogen-bond donors (Lipinski definition) is 2. The summed E-state index contributed by atoms with van der Waals surface area (Å²) >= 11 is 0. The van der Waals surface area contributed by atoms with Gasteiger partial charge in [-0.05, 0) is 76.0 Å². The molecule has 2 aromatic rings. The third-order valence-corrected chi connectivity index (χ3v) is 9.86. The highest BCUT2D eigenvalue weighted by atomic mass is 19.4. The number of rotatable bonds is 8. The molecule has 250 valence electrons. The number of carbonyl (C=O) groups is 3. The second-order valence-electron chi connectivity index (χ2n) is 12.8. The van der Waals surface area contributed by atoms with Crippen LogP contribution in [0.15, 0.2) is 42.6 Å². The zero-order valence-corrected chi connectivity index (χ0v) is 26.0. The van der Waals surface area contributed by atoms with Gasteiger partial charge in [0.05, 0.1) is 29.1 Å². The second-order valence-corrected chi connectivity index (χ2v) is 12.8. The number of nitrogens with zero attached hydrogens (tertiary/aromatic N) is 3. The van der Waals surface area contributed by atoms with Crippen molar-refractivity contribution in [3.8, 4) is 5.75 Å². The van der Waals surface area contributed by atoms with E-state index in [9.17, 15) is 37.8 Å². The smallest absolute Gasteiger partial charge is 0.418 e. The predicted octanol–water partition coefficient (Wildman–Crippen LogP) is 5.65. The van der Waals surface area contributed by atoms with Crippen LogP contribution in [0.3, 0.4) is 0 Å². The molecule has 0 spiro atoms. The van der Waals surface area contributed by atoms with Gasteiger partial charge in [0.15, 0.2) is 0 Å². The first-order chi connectivity index (χ1) is 21.9. The van der Waals surface area contributed by atoms with E-state index in [4.69, 9.17) is 4.74 Å². The average Bonchev–Trinajstić information content (AvgIpc) is 3.05. The summed E-state index contributed by atoms with van der Waals surface area (Å²) in [5.74, 6) is -2.13. The number of carboxylic acids is 1. The minimum atomic E-state index is -4.74. The van der Waals surface area contributed by atoms with E-state index in [1.807, 2.05) is 31.2 Å². The van der Waals surface area contributed by atoms with E-state index in [0.717, 1.165) is 12.1 Å². The van der Waals surface area contributed by atoms with E-state index in [1.54, 1.807) is 4.90 Å². The van der Waals surface area contributed by atoms with E-state index < -0.39 is 46.9 Å². The van der Waals surface area contributed by atoms with Crippen molar-refractivity contribution in [2.24, 2.45) is 11.8 Å². The number of halogens is 3. The van der Waals surface area contributed by atoms with Crippen LogP contribution < -0.4 is 4.74 Å². The number of alkyl halides is 3. The molecule has 2 saturated heterocycles. The number of ether oxygens (including phenoxy) is 1. The van der Waals surface area contributed by atoms with E-state index in [1.165, 1.54) is 11.1 Å². The third kappa shape index (κ3) is 7.16. The van der Waals surface area contributed by atoms with Gasteiger partial charge in [0.1, 0.15) is 11.4 Å². The van der Waals surface area contributed by atoms with Gasteiger partial charge in [-0.15, -0.1) is 0 Å². The Morgan fingerprint density at radius 2 is 1.70 bits per heavy atom. The summed E-state index contributed by atoms with van der Waals surface area (Å²) in [6.07, 6.45) is 1.23. The Hall–Kier alpha value is -3.67. The quantitative estimate of drug-likeness (QED) is 0.381. The van der Waals surface area contributed by atoms with Gasteiger partial charge >= 0.3 is 12.1 Å². The summed E-state index contributed by atoms with van der Waals surface area (Å²) in [5.41, 5.74) is -2.34. The second kappa shape index (κ2) is 14.0. The maximum atomic E-state index is 14.0. The van der Waals surface area contributed by atoms with Gasteiger partial charge in [0.2, 0.25) is 5.91 Å². The number of piperidine rings is 2. The number of amides is 2. The third-order valence-electron chi connectivity index (χ3n) is 9.86. The highest BCUT2D eigenvalue weighted by Gasteiger charge is 2.45. The summed E-state index contributed by atoms with van der Waals surface area (Å²) in [6, 6.07) is 8.73. The van der Waals surface area contributed by atoms with E-state index >= 15 is 0 Å². The lowest BCUT2D eigenvalue weighted by Gasteiger charge is -2.45. The van der Waals surface area contributed by atoms with E-state index in [0.29, 0.717) is 62.7 Å². The first-order valence-electron chi connectivity index (χ1n) is 16.3. The highest BCUT2D eigenvalue weighted by molar-refractivity contribution is 5.95. The first-order valence-corrected chi connectivity index (χ1v) is 16.3. The van der Waals surface area contributed by atoms with Crippen molar-refractivity contribution in [2.75, 3.05) is 19.6 Å². The van der Waals surface area contributed by atoms with E-state index in [-0.39, 0.29) is 50.4 Å². The number of para-hydroxylation sites is 1. The number of aliphatic carboxylic acids is 1. The van der Waals surface area contributed by atoms with Crippen LogP contribution in [0.1, 0.15) is 92.7 Å². The van der Waals surface area contributed by atoms with Crippen molar-refractivity contribution in [3.63, 3.8) is 0 Å². The molecule has 1 saturated carbocycles. The molecule has 0 radical (unpaired) electrons. The Labute approximate surface area is 266 Å². The molecule has 2 aliphatic heterocycles. The lowest BCUT2D eigenvalue weighted by molar-refractivity contribution is -0.144. The Balaban J connectivity index is 1.27. The number of carbonyl (C=O) groups excluding carboxylic acids is 2. The lowest BCUT2D eigenvalue weighted by atomic mass is 9.81. The minimum Gasteiger partial charge on any atom is -0.490 e. The fourth-order valence-electron chi connectivity index (χ4n) is 7.35. The zero-order chi connectivity index (χ0) is 33.1. The molecule has 3 aliphatic rings. The van der Waals surface area contributed by atoms with Gasteiger partial charge in [-0.2, -0.15) is 13.2 Å². The van der Waals surface area contributed by atoms with Crippen molar-refractivity contribution in [3.05, 3.63) is 59.4 Å². The van der Waals surface area contributed by atoms with Gasteiger partial charge < -0.3 is 24.7 Å². The van der Waals surface area contributed by atoms with Crippen LogP contribution >= 0.6 is 0 Å². The van der Waals surface area contributed by atoms with E-state index in [2.05, 4.69) is 4.98 Å². The predicted molar refractivity (Wildman–Crippen MR) is 162 cm³/mol. The molecule has 1 aliphatic carbocycles. The number of carboxylic acid groups (broad SMARTS) is 1. The van der Waals surface area contributed by atoms with Gasteiger partial charge in [0.25, 0.3) is 5.91 Å². The number of aliphatic hydroxyl groups is 1. The van der Waals surface area contributed by atoms with Crippen molar-refractivity contribution in [1.29, 1.82) is 0 Å². The van der Waals surface area contributed by atoms with Gasteiger partial charge in [0, 0.05) is 37.4 Å². The highest BCUT2D eigenvalue weighted by Crippen LogP contribution is 2.41. The molecule has 3 heterocycles. The van der Waals surface area contributed by atoms with Crippen LogP contribution in [0.5, 0.6) is 5.75 Å². The average molecular weight is 646 g/mol. The van der Waals surface area contributed by atoms with Crippen molar-refractivity contribution >= 4 is 17.8 Å². The molecule has 0 bridgehead atoms. The topological polar surface area (TPSA) is 120 Å². The van der Waals surface area contributed by atoms with Gasteiger partial charge in [-0.3, -0.25) is 19.4 Å². The molecule has 2 unspecified atom stereocenters. The summed E-state index contributed by atoms with van der Waals surface area (Å²) < 4.78 is 47.5. The zero-order valence-electron chi connectivity index (χ0n) is 26.0. The first kappa shape index (κ1) is 33.7. The van der Waals surface area contributed by atoms with Crippen LogP contribution in [0.2, 0.25) is 0 Å². The van der Waals surface area contributed by atoms with Gasteiger partial charge in [-0.1, -0.05) is 31.5 Å². The Morgan fingerprint density at radius 1 is 1.00 bits per heavy atom. The number of pyridine rings is 1. The summed E-state index contributed by atoms with van der Waals surface area (Å²) in [7, 11) is 0. The molecule has 1 aromatic carbocycles. The van der Waals surface area contributed by atoms with Crippen molar-refractivity contribution in [1.82, 2.24) is 14.8 Å². The van der Waals surface area contributed by atoms with Gasteiger partial charge in [-0.25, -0.2) is 0 Å². The summed E-state index contributed by atoms with van der Waals surface area (Å²) in [5, 5.41) is 21.1. The molecule has 2 amide bonds. The Morgan fingerprint density at radius 3 is 2.35 bits per heavy atom. The lowest BCUT2D eigenvalue weighted by Crippen LogP contribution is -2.55. The number of benzene rings is 1. The number of aromatic nitrogens is 1. The summed E-state index contributed by atoms with van der Waals surface area (Å²) in [4.78, 5) is 45.7. The molecular weight excluding hydrogens is 603 g/mol. The standard InChI is InChI=1S/C34H42F3N3O6/c1-2-7-27-24(8-6-19-40(27)31(42)29-26(34(35,36)37)10-5-18-38-29)30(41)39-20-16-33(45,17-21-39)25-9-3-4-11-28(25)46-23-14-12-22(13-15-23)32(43)44/h3-5,9-11,18,22-24,27,45H,2,6-8,12-17,19-21H2,1H3,(H,43,44). The summed E-state index contributed by atoms with van der Waals surface area (Å²) in [6.45, 7) is 2.71. The molecule has 2 N–H and O–H groups in total. The Kier molecular flexibility index (Phi) is 10.2. The van der Waals surface area contributed by atoms with Crippen LogP contribution in [0, 0.1) is 11.8 Å². The molecule has 46 heavy (non-hydrogen) atoms. The molecule has 1 aromatic heterocycles. The maximum Gasteiger partial charge on any atom is 0.418 e. The molecule has 12 heteroatoms. The normalized spacial score (nSPS) is 25.2. The minimum absolute atomic E-state index is 0.146. The molecule has 5 rings (SSSR count). The van der Waals surface area contributed by atoms with Crippen LogP contribution in [-0.2, 0) is 21.4 Å². The van der Waals surface area contributed by atoms with Crippen LogP contribution in [0.4, 0.5) is 13.2 Å². The molecule has 9 nitrogen and oxygen atoms in total. The van der Waals surface area contributed by atoms with Crippen molar-refractivity contribution in [2.45, 2.75) is 95.1 Å². The van der Waals surface area contributed by atoms with Crippen LogP contribution in [0.25, 0.3) is 0 Å². The molecular formula is C34H42F3N3O6. The fraction of sp³-hybridized carbons (Fsp3) is 0.588. The Bertz CT molecular complexity index is 1400. The number of likely N-dealkylation sites (tertiary alicyclic amines) is 2. The monoisotopic (exact) mass is 645 g/mol. The maximum absolute atomic E-state index is 14.0. The molecule has 3 fully saturated rings. The van der Waals surface area contributed by atoms with Crippen molar-refractivity contribution < 1.29 is 42.5 Å². The fourth-order valence-corrected chi connectivity index (χ4v) is 7.35. The SMILES string of the molecule is CCCC1C(C(=O)N2CCC(O)(c3ccccc3OC3CCC(C(=O)O)CC3)CC2)CCCN1C(=O)c1ncccc1C(F)(F)F. The van der Waals surface area contributed by atoms with Crippen LogP contribution in [-0.4, -0.2) is 74.6 Å². The largest absolute Gasteiger partial charge is 0.490 e. The molecule has 2 atom stereocenters. The number of hydrogen-bond acceptors (Lipinski definition) is 6.